The predicted molar refractivity (Wildman–Crippen MR) is 104 cm³/mol. The van der Waals surface area contributed by atoms with Gasteiger partial charge in [0.05, 0.1) is 11.8 Å². The summed E-state index contributed by atoms with van der Waals surface area (Å²) < 4.78 is 2.09. The number of fused-ring (bicyclic) bond motifs is 3. The minimum absolute atomic E-state index is 0.0388. The molecule has 1 amide bonds. The van der Waals surface area contributed by atoms with E-state index in [1.54, 1.807) is 6.20 Å². The van der Waals surface area contributed by atoms with Crippen LogP contribution >= 0.6 is 11.3 Å². The molecule has 1 atom stereocenters. The van der Waals surface area contributed by atoms with E-state index < -0.39 is 6.04 Å². The van der Waals surface area contributed by atoms with Gasteiger partial charge in [0.1, 0.15) is 15.6 Å². The average molecular weight is 370 g/mol. The second-order valence-electron chi connectivity index (χ2n) is 6.76. The first-order valence-corrected chi connectivity index (χ1v) is 10.1. The Balaban J connectivity index is 1.76. The molecular formula is C19H22N4O2S. The van der Waals surface area contributed by atoms with E-state index in [9.17, 15) is 9.59 Å². The van der Waals surface area contributed by atoms with Gasteiger partial charge in [-0.3, -0.25) is 14.2 Å². The van der Waals surface area contributed by atoms with Gasteiger partial charge in [0.2, 0.25) is 5.91 Å². The molecule has 0 bridgehead atoms. The zero-order valence-electron chi connectivity index (χ0n) is 14.9. The number of thiophene rings is 1. The SMILES string of the molecule is CCC(C(=O)N1CCCCCC1)n1cnc2c(sc3ncccc32)c1=O. The van der Waals surface area contributed by atoms with Crippen molar-refractivity contribution in [2.75, 3.05) is 13.1 Å². The van der Waals surface area contributed by atoms with Gasteiger partial charge in [0, 0.05) is 24.7 Å². The van der Waals surface area contributed by atoms with Crippen LogP contribution in [0.3, 0.4) is 0 Å². The van der Waals surface area contributed by atoms with Crippen molar-refractivity contribution in [1.29, 1.82) is 0 Å². The van der Waals surface area contributed by atoms with Gasteiger partial charge in [-0.2, -0.15) is 0 Å². The molecule has 136 valence electrons. The first kappa shape index (κ1) is 17.1. The summed E-state index contributed by atoms with van der Waals surface area (Å²) in [6, 6.07) is 3.28. The van der Waals surface area contributed by atoms with Gasteiger partial charge in [-0.1, -0.05) is 19.8 Å². The number of aromatic nitrogens is 3. The van der Waals surface area contributed by atoms with Crippen molar-refractivity contribution in [3.05, 3.63) is 35.0 Å². The molecule has 1 unspecified atom stereocenters. The molecule has 0 aromatic carbocycles. The highest BCUT2D eigenvalue weighted by atomic mass is 32.1. The zero-order valence-corrected chi connectivity index (χ0v) is 15.7. The minimum Gasteiger partial charge on any atom is -0.341 e. The summed E-state index contributed by atoms with van der Waals surface area (Å²) in [6.45, 7) is 3.52. The van der Waals surface area contributed by atoms with Crippen LogP contribution in [0, 0.1) is 0 Å². The van der Waals surface area contributed by atoms with E-state index in [1.165, 1.54) is 35.1 Å². The van der Waals surface area contributed by atoms with Crippen LogP contribution < -0.4 is 5.56 Å². The molecule has 4 rings (SSSR count). The van der Waals surface area contributed by atoms with Crippen LogP contribution in [-0.4, -0.2) is 38.4 Å². The number of carbonyl (C=O) groups excluding carboxylic acids is 1. The molecule has 0 N–H and O–H groups in total. The molecule has 3 aromatic heterocycles. The van der Waals surface area contributed by atoms with Crippen molar-refractivity contribution in [2.45, 2.75) is 45.1 Å². The summed E-state index contributed by atoms with van der Waals surface area (Å²) in [4.78, 5) is 37.7. The summed E-state index contributed by atoms with van der Waals surface area (Å²) in [6.07, 6.45) is 8.24. The monoisotopic (exact) mass is 370 g/mol. The van der Waals surface area contributed by atoms with Crippen LogP contribution in [0.25, 0.3) is 20.4 Å². The second-order valence-corrected chi connectivity index (χ2v) is 7.76. The van der Waals surface area contributed by atoms with Crippen LogP contribution in [0.15, 0.2) is 29.5 Å². The Labute approximate surface area is 155 Å². The lowest BCUT2D eigenvalue weighted by Crippen LogP contribution is -2.40. The normalized spacial score (nSPS) is 16.7. The molecule has 26 heavy (non-hydrogen) atoms. The predicted octanol–water partition coefficient (Wildman–Crippen LogP) is 3.36. The standard InChI is InChI=1S/C19H22N4O2S/c1-2-14(18(24)22-10-5-3-4-6-11-22)23-12-21-15-13-8-7-9-20-17(13)26-16(15)19(23)25/h7-9,12,14H,2-6,10-11H2,1H3. The van der Waals surface area contributed by atoms with Crippen LogP contribution in [0.1, 0.15) is 45.1 Å². The Morgan fingerprint density at radius 2 is 2.00 bits per heavy atom. The topological polar surface area (TPSA) is 68.1 Å². The number of nitrogens with zero attached hydrogens (tertiary/aromatic N) is 4. The Bertz CT molecular complexity index is 1000. The third-order valence-electron chi connectivity index (χ3n) is 5.11. The highest BCUT2D eigenvalue weighted by Gasteiger charge is 2.27. The Kier molecular flexibility index (Phi) is 4.72. The second kappa shape index (κ2) is 7.15. The first-order chi connectivity index (χ1) is 12.7. The fraction of sp³-hybridized carbons (Fsp3) is 0.474. The van der Waals surface area contributed by atoms with Gasteiger partial charge in [0.15, 0.2) is 0 Å². The van der Waals surface area contributed by atoms with Gasteiger partial charge in [0.25, 0.3) is 5.56 Å². The van der Waals surface area contributed by atoms with Crippen LogP contribution in [0.5, 0.6) is 0 Å². The third kappa shape index (κ3) is 2.90. The van der Waals surface area contributed by atoms with Gasteiger partial charge in [-0.25, -0.2) is 9.97 Å². The number of pyridine rings is 1. The molecule has 6 nitrogen and oxygen atoms in total. The van der Waals surface area contributed by atoms with Gasteiger partial charge >= 0.3 is 0 Å². The smallest absolute Gasteiger partial charge is 0.272 e. The van der Waals surface area contributed by atoms with Crippen molar-refractivity contribution < 1.29 is 4.79 Å². The number of rotatable bonds is 3. The minimum atomic E-state index is -0.490. The lowest BCUT2D eigenvalue weighted by molar-refractivity contribution is -0.135. The van der Waals surface area contributed by atoms with Crippen LogP contribution in [0.4, 0.5) is 0 Å². The molecule has 0 aliphatic carbocycles. The molecule has 1 saturated heterocycles. The molecule has 3 aromatic rings. The van der Waals surface area contributed by atoms with Gasteiger partial charge in [-0.15, -0.1) is 11.3 Å². The summed E-state index contributed by atoms with van der Waals surface area (Å²) in [5.74, 6) is 0.0388. The van der Waals surface area contributed by atoms with E-state index >= 15 is 0 Å². The molecule has 0 saturated carbocycles. The lowest BCUT2D eigenvalue weighted by atomic mass is 10.1. The number of carbonyl (C=O) groups is 1. The van der Waals surface area contributed by atoms with E-state index in [4.69, 9.17) is 0 Å². The molecule has 1 aliphatic rings. The van der Waals surface area contributed by atoms with Crippen molar-refractivity contribution in [3.8, 4) is 0 Å². The maximum atomic E-state index is 13.1. The molecule has 0 spiro atoms. The van der Waals surface area contributed by atoms with E-state index in [1.807, 2.05) is 24.0 Å². The molecule has 1 aliphatic heterocycles. The number of amides is 1. The molecule has 7 heteroatoms. The largest absolute Gasteiger partial charge is 0.341 e. The van der Waals surface area contributed by atoms with Crippen LogP contribution in [-0.2, 0) is 4.79 Å². The van der Waals surface area contributed by atoms with Crippen molar-refractivity contribution >= 4 is 37.7 Å². The summed E-state index contributed by atoms with van der Waals surface area (Å²) in [7, 11) is 0. The average Bonchev–Trinajstić information content (AvgIpc) is 2.84. The first-order valence-electron chi connectivity index (χ1n) is 9.24. The van der Waals surface area contributed by atoms with Crippen molar-refractivity contribution in [1.82, 2.24) is 19.4 Å². The Hall–Kier alpha value is -2.28. The summed E-state index contributed by atoms with van der Waals surface area (Å²) in [5.41, 5.74) is 0.532. The van der Waals surface area contributed by atoms with E-state index in [0.29, 0.717) is 16.6 Å². The zero-order chi connectivity index (χ0) is 18.1. The summed E-state index contributed by atoms with van der Waals surface area (Å²) in [5, 5.41) is 0.892. The van der Waals surface area contributed by atoms with E-state index in [0.717, 1.165) is 36.1 Å². The molecular weight excluding hydrogens is 348 g/mol. The van der Waals surface area contributed by atoms with Gasteiger partial charge < -0.3 is 4.90 Å². The molecule has 0 radical (unpaired) electrons. The maximum Gasteiger partial charge on any atom is 0.272 e. The highest BCUT2D eigenvalue weighted by Crippen LogP contribution is 2.28. The van der Waals surface area contributed by atoms with Crippen LogP contribution in [0.2, 0.25) is 0 Å². The van der Waals surface area contributed by atoms with E-state index in [2.05, 4.69) is 9.97 Å². The molecule has 4 heterocycles. The third-order valence-corrected chi connectivity index (χ3v) is 6.20. The number of likely N-dealkylation sites (tertiary alicyclic amines) is 1. The van der Waals surface area contributed by atoms with Crippen molar-refractivity contribution in [2.24, 2.45) is 0 Å². The van der Waals surface area contributed by atoms with Gasteiger partial charge in [-0.05, 0) is 31.4 Å². The van der Waals surface area contributed by atoms with E-state index in [-0.39, 0.29) is 11.5 Å². The fourth-order valence-corrected chi connectivity index (χ4v) is 4.73. The number of hydrogen-bond acceptors (Lipinski definition) is 5. The Morgan fingerprint density at radius 1 is 1.23 bits per heavy atom. The Morgan fingerprint density at radius 3 is 2.73 bits per heavy atom. The van der Waals surface area contributed by atoms with Crippen molar-refractivity contribution in [3.63, 3.8) is 0 Å². The number of hydrogen-bond donors (Lipinski definition) is 0. The maximum absolute atomic E-state index is 13.1. The molecule has 1 fully saturated rings. The highest BCUT2D eigenvalue weighted by molar-refractivity contribution is 7.25. The lowest BCUT2D eigenvalue weighted by Gasteiger charge is -2.26. The summed E-state index contributed by atoms with van der Waals surface area (Å²) >= 11 is 1.35. The quantitative estimate of drug-likeness (QED) is 0.709. The fourth-order valence-electron chi connectivity index (χ4n) is 3.70.